The van der Waals surface area contributed by atoms with Gasteiger partial charge in [0.05, 0.1) is 16.8 Å². The van der Waals surface area contributed by atoms with Crippen LogP contribution in [0.15, 0.2) is 54.2 Å². The number of piperazine rings is 1. The number of halogens is 2. The summed E-state index contributed by atoms with van der Waals surface area (Å²) >= 11 is 7.77. The monoisotopic (exact) mass is 455 g/mol. The number of aromatic nitrogens is 3. The second-order valence-electron chi connectivity index (χ2n) is 7.41. The molecule has 158 valence electrons. The average Bonchev–Trinajstić information content (AvgIpc) is 3.46. The first-order valence-corrected chi connectivity index (χ1v) is 11.2. The summed E-state index contributed by atoms with van der Waals surface area (Å²) in [5, 5.41) is 6.87. The van der Waals surface area contributed by atoms with Crippen LogP contribution in [0.3, 0.4) is 0 Å². The Labute approximate surface area is 187 Å². The van der Waals surface area contributed by atoms with Crippen LogP contribution in [0.5, 0.6) is 0 Å². The summed E-state index contributed by atoms with van der Waals surface area (Å²) in [5.74, 6) is -0.404. The van der Waals surface area contributed by atoms with E-state index in [9.17, 15) is 9.18 Å². The van der Waals surface area contributed by atoms with Crippen LogP contribution in [-0.4, -0.2) is 56.5 Å². The topological polar surface area (TPSA) is 53.7 Å². The third-order valence-corrected chi connectivity index (χ3v) is 6.72. The van der Waals surface area contributed by atoms with Crippen LogP contribution in [0.25, 0.3) is 16.2 Å². The van der Waals surface area contributed by atoms with Crippen LogP contribution < -0.4 is 0 Å². The van der Waals surface area contributed by atoms with Gasteiger partial charge in [-0.25, -0.2) is 13.9 Å². The van der Waals surface area contributed by atoms with Gasteiger partial charge in [0.25, 0.3) is 5.91 Å². The minimum Gasteiger partial charge on any atom is -0.336 e. The van der Waals surface area contributed by atoms with Gasteiger partial charge in [-0.2, -0.15) is 5.10 Å². The molecule has 0 spiro atoms. The molecule has 1 aliphatic rings. The van der Waals surface area contributed by atoms with Crippen molar-refractivity contribution in [2.24, 2.45) is 0 Å². The Morgan fingerprint density at radius 1 is 1.16 bits per heavy atom. The maximum absolute atomic E-state index is 13.3. The fourth-order valence-corrected chi connectivity index (χ4v) is 4.79. The Morgan fingerprint density at radius 3 is 2.74 bits per heavy atom. The fraction of sp³-hybridized carbons (Fsp3) is 0.227. The predicted molar refractivity (Wildman–Crippen MR) is 119 cm³/mol. The third kappa shape index (κ3) is 3.94. The first kappa shape index (κ1) is 20.1. The number of amides is 1. The van der Waals surface area contributed by atoms with Crippen molar-refractivity contribution >= 4 is 34.5 Å². The largest absolute Gasteiger partial charge is 0.336 e. The van der Waals surface area contributed by atoms with E-state index in [1.165, 1.54) is 12.1 Å². The third-order valence-electron chi connectivity index (χ3n) is 5.47. The Balaban J connectivity index is 1.30. The van der Waals surface area contributed by atoms with Crippen LogP contribution in [0.1, 0.15) is 15.9 Å². The second-order valence-corrected chi connectivity index (χ2v) is 8.76. The molecule has 0 aliphatic carbocycles. The molecule has 0 atom stereocenters. The van der Waals surface area contributed by atoms with E-state index < -0.39 is 0 Å². The molecule has 31 heavy (non-hydrogen) atoms. The van der Waals surface area contributed by atoms with Gasteiger partial charge in [0, 0.05) is 43.9 Å². The molecule has 0 bridgehead atoms. The molecule has 3 aromatic heterocycles. The number of carbonyl (C=O) groups is 1. The van der Waals surface area contributed by atoms with Gasteiger partial charge in [0.2, 0.25) is 0 Å². The Hall–Kier alpha value is -2.81. The summed E-state index contributed by atoms with van der Waals surface area (Å²) in [4.78, 5) is 22.7. The smallest absolute Gasteiger partial charge is 0.259 e. The summed E-state index contributed by atoms with van der Waals surface area (Å²) in [6.07, 6.45) is 3.32. The number of hydrogen-bond acceptors (Lipinski definition) is 5. The predicted octanol–water partition coefficient (Wildman–Crippen LogP) is 4.21. The van der Waals surface area contributed by atoms with Crippen LogP contribution in [0, 0.1) is 5.82 Å². The van der Waals surface area contributed by atoms with Gasteiger partial charge in [0.15, 0.2) is 5.65 Å². The first-order chi connectivity index (χ1) is 15.1. The molecular formula is C22H19ClFN5OS. The molecule has 0 unspecified atom stereocenters. The normalized spacial score (nSPS) is 15.0. The highest BCUT2D eigenvalue weighted by Gasteiger charge is 2.26. The number of fused-ring (bicyclic) bond motifs is 1. The molecule has 0 saturated carbocycles. The van der Waals surface area contributed by atoms with Crippen LogP contribution >= 0.6 is 22.9 Å². The summed E-state index contributed by atoms with van der Waals surface area (Å²) < 4.78 is 15.0. The maximum Gasteiger partial charge on any atom is 0.259 e. The molecule has 1 saturated heterocycles. The Morgan fingerprint density at radius 2 is 2.00 bits per heavy atom. The van der Waals surface area contributed by atoms with E-state index in [4.69, 9.17) is 11.6 Å². The van der Waals surface area contributed by atoms with E-state index >= 15 is 0 Å². The molecule has 1 aromatic carbocycles. The lowest BCUT2D eigenvalue weighted by Crippen LogP contribution is -2.48. The number of nitrogens with zero attached hydrogens (tertiary/aromatic N) is 5. The summed E-state index contributed by atoms with van der Waals surface area (Å²) in [7, 11) is 0. The van der Waals surface area contributed by atoms with Crippen molar-refractivity contribution in [3.63, 3.8) is 0 Å². The van der Waals surface area contributed by atoms with Crippen molar-refractivity contribution in [2.75, 3.05) is 26.2 Å². The molecule has 0 radical (unpaired) electrons. The van der Waals surface area contributed by atoms with Gasteiger partial charge in [-0.1, -0.05) is 23.7 Å². The molecule has 4 heterocycles. The SMILES string of the molecule is O=C(c1cnn2c(-c3cccs3)ccnc12)N1CCN(Cc2ccc(F)cc2Cl)CC1. The number of rotatable bonds is 4. The molecule has 0 N–H and O–H groups in total. The standard InChI is InChI=1S/C22H19ClFN5OS/c23-18-12-16(24)4-3-15(18)14-27-7-9-28(10-8-27)22(30)17-13-26-29-19(5-6-25-21(17)29)20-2-1-11-31-20/h1-6,11-13H,7-10,14H2. The lowest BCUT2D eigenvalue weighted by molar-refractivity contribution is 0.0630. The number of hydrogen-bond donors (Lipinski definition) is 0. The number of benzene rings is 1. The average molecular weight is 456 g/mol. The van der Waals surface area contributed by atoms with Crippen molar-refractivity contribution in [3.8, 4) is 10.6 Å². The minimum absolute atomic E-state index is 0.0645. The zero-order valence-electron chi connectivity index (χ0n) is 16.5. The lowest BCUT2D eigenvalue weighted by atomic mass is 10.2. The summed E-state index contributed by atoms with van der Waals surface area (Å²) in [5.41, 5.74) is 2.88. The van der Waals surface area contributed by atoms with Crippen LogP contribution in [0.2, 0.25) is 5.02 Å². The molecule has 9 heteroatoms. The summed E-state index contributed by atoms with van der Waals surface area (Å²) in [6, 6.07) is 10.4. The van der Waals surface area contributed by atoms with E-state index in [0.717, 1.165) is 16.1 Å². The Bertz CT molecular complexity index is 1230. The van der Waals surface area contributed by atoms with E-state index in [-0.39, 0.29) is 11.7 Å². The quantitative estimate of drug-likeness (QED) is 0.462. The van der Waals surface area contributed by atoms with Gasteiger partial charge >= 0.3 is 0 Å². The highest BCUT2D eigenvalue weighted by Crippen LogP contribution is 2.26. The van der Waals surface area contributed by atoms with Crippen molar-refractivity contribution in [1.82, 2.24) is 24.4 Å². The van der Waals surface area contributed by atoms with Crippen LogP contribution in [0.4, 0.5) is 4.39 Å². The lowest BCUT2D eigenvalue weighted by Gasteiger charge is -2.34. The van der Waals surface area contributed by atoms with Gasteiger partial charge in [-0.3, -0.25) is 9.69 Å². The van der Waals surface area contributed by atoms with E-state index in [1.54, 1.807) is 34.3 Å². The van der Waals surface area contributed by atoms with Gasteiger partial charge < -0.3 is 4.90 Å². The molecule has 4 aromatic rings. The van der Waals surface area contributed by atoms with Crippen molar-refractivity contribution in [3.05, 3.63) is 76.1 Å². The van der Waals surface area contributed by atoms with E-state index in [0.29, 0.717) is 49.0 Å². The molecular weight excluding hydrogens is 437 g/mol. The van der Waals surface area contributed by atoms with E-state index in [2.05, 4.69) is 15.0 Å². The Kier molecular flexibility index (Phi) is 5.43. The molecule has 1 fully saturated rings. The maximum atomic E-state index is 13.3. The number of carbonyl (C=O) groups excluding carboxylic acids is 1. The van der Waals surface area contributed by atoms with Crippen molar-refractivity contribution in [1.29, 1.82) is 0 Å². The zero-order valence-corrected chi connectivity index (χ0v) is 18.1. The van der Waals surface area contributed by atoms with Crippen LogP contribution in [-0.2, 0) is 6.54 Å². The van der Waals surface area contributed by atoms with Gasteiger partial charge in [-0.05, 0) is 35.2 Å². The van der Waals surface area contributed by atoms with Crippen molar-refractivity contribution < 1.29 is 9.18 Å². The highest BCUT2D eigenvalue weighted by molar-refractivity contribution is 7.13. The minimum atomic E-state index is -0.339. The first-order valence-electron chi connectivity index (χ1n) is 9.92. The molecule has 5 rings (SSSR count). The highest BCUT2D eigenvalue weighted by atomic mass is 35.5. The fourth-order valence-electron chi connectivity index (χ4n) is 3.82. The van der Waals surface area contributed by atoms with Crippen molar-refractivity contribution in [2.45, 2.75) is 6.54 Å². The molecule has 6 nitrogen and oxygen atoms in total. The second kappa shape index (κ2) is 8.37. The zero-order chi connectivity index (χ0) is 21.4. The summed E-state index contributed by atoms with van der Waals surface area (Å²) in [6.45, 7) is 3.25. The molecule has 1 aliphatic heterocycles. The van der Waals surface area contributed by atoms with Gasteiger partial charge in [0.1, 0.15) is 11.4 Å². The molecule has 1 amide bonds. The number of thiophene rings is 1. The van der Waals surface area contributed by atoms with Gasteiger partial charge in [-0.15, -0.1) is 11.3 Å². The van der Waals surface area contributed by atoms with E-state index in [1.807, 2.05) is 28.5 Å².